The van der Waals surface area contributed by atoms with Gasteiger partial charge < -0.3 is 4.90 Å². The van der Waals surface area contributed by atoms with Gasteiger partial charge in [0.05, 0.1) is 10.1 Å². The summed E-state index contributed by atoms with van der Waals surface area (Å²) in [5, 5.41) is -0.466. The highest BCUT2D eigenvalue weighted by atomic mass is 32.2. The summed E-state index contributed by atoms with van der Waals surface area (Å²) in [6.07, 6.45) is 1.68. The number of nitrogens with zero attached hydrogens (tertiary/aromatic N) is 1. The Morgan fingerprint density at radius 3 is 2.14 bits per heavy atom. The molecule has 1 fully saturated rings. The molecule has 1 aliphatic rings. The van der Waals surface area contributed by atoms with E-state index in [9.17, 15) is 13.2 Å². The van der Waals surface area contributed by atoms with Gasteiger partial charge in [0.25, 0.3) is 5.91 Å². The third-order valence-electron chi connectivity index (χ3n) is 3.81. The molecular weight excluding hydrogens is 286 g/mol. The molecule has 5 heteroatoms. The van der Waals surface area contributed by atoms with Crippen molar-refractivity contribution in [2.24, 2.45) is 0 Å². The van der Waals surface area contributed by atoms with E-state index >= 15 is 0 Å². The molecule has 1 aromatic rings. The van der Waals surface area contributed by atoms with Crippen LogP contribution in [0.2, 0.25) is 0 Å². The van der Waals surface area contributed by atoms with Gasteiger partial charge in [-0.05, 0) is 51.0 Å². The maximum absolute atomic E-state index is 12.3. The molecule has 2 rings (SSSR count). The number of likely N-dealkylation sites (tertiary alicyclic amines) is 1. The summed E-state index contributed by atoms with van der Waals surface area (Å²) in [6, 6.07) is 6.24. The lowest BCUT2D eigenvalue weighted by molar-refractivity contribution is 0.0743. The fraction of sp³-hybridized carbons (Fsp3) is 0.438. The highest BCUT2D eigenvalue weighted by Crippen LogP contribution is 2.19. The van der Waals surface area contributed by atoms with Crippen molar-refractivity contribution in [2.45, 2.75) is 36.8 Å². The monoisotopic (exact) mass is 307 g/mol. The summed E-state index contributed by atoms with van der Waals surface area (Å²) in [7, 11) is -3.29. The van der Waals surface area contributed by atoms with Crippen LogP contribution in [0.3, 0.4) is 0 Å². The first-order valence-corrected chi connectivity index (χ1v) is 8.67. The van der Waals surface area contributed by atoms with Crippen molar-refractivity contribution in [3.8, 4) is 0 Å². The van der Waals surface area contributed by atoms with E-state index in [1.165, 1.54) is 17.7 Å². The van der Waals surface area contributed by atoms with Crippen molar-refractivity contribution in [3.05, 3.63) is 42.0 Å². The molecule has 0 saturated carbocycles. The van der Waals surface area contributed by atoms with Crippen LogP contribution in [0, 0.1) is 0 Å². The number of rotatable bonds is 3. The second-order valence-corrected chi connectivity index (χ2v) is 8.16. The van der Waals surface area contributed by atoms with Gasteiger partial charge in [0, 0.05) is 18.7 Å². The second-order valence-electron chi connectivity index (χ2n) is 5.66. The van der Waals surface area contributed by atoms with E-state index in [0.29, 0.717) is 18.7 Å². The van der Waals surface area contributed by atoms with Gasteiger partial charge >= 0.3 is 0 Å². The van der Waals surface area contributed by atoms with Crippen LogP contribution < -0.4 is 0 Å². The van der Waals surface area contributed by atoms with Crippen LogP contribution in [0.4, 0.5) is 0 Å². The molecule has 1 aromatic carbocycles. The highest BCUT2D eigenvalue weighted by Gasteiger charge is 2.22. The lowest BCUT2D eigenvalue weighted by atomic mass is 10.0. The summed E-state index contributed by atoms with van der Waals surface area (Å²) < 4.78 is 24.1. The molecule has 0 atom stereocenters. The largest absolute Gasteiger partial charge is 0.338 e. The van der Waals surface area contributed by atoms with Crippen molar-refractivity contribution < 1.29 is 13.2 Å². The number of carbonyl (C=O) groups is 1. The first-order chi connectivity index (χ1) is 9.82. The molecule has 0 radical (unpaired) electrons. The Morgan fingerprint density at radius 2 is 1.67 bits per heavy atom. The summed E-state index contributed by atoms with van der Waals surface area (Å²) in [5.41, 5.74) is 1.71. The van der Waals surface area contributed by atoms with Gasteiger partial charge in [-0.3, -0.25) is 4.79 Å². The Bertz CT molecular complexity index is 635. The number of benzene rings is 1. The number of sulfone groups is 1. The Labute approximate surface area is 126 Å². The van der Waals surface area contributed by atoms with Crippen LogP contribution >= 0.6 is 0 Å². The predicted molar refractivity (Wildman–Crippen MR) is 83.0 cm³/mol. The molecule has 1 saturated heterocycles. The summed E-state index contributed by atoms with van der Waals surface area (Å²) in [6.45, 7) is 8.60. The normalized spacial score (nSPS) is 16.3. The van der Waals surface area contributed by atoms with E-state index in [1.54, 1.807) is 30.9 Å². The summed E-state index contributed by atoms with van der Waals surface area (Å²) in [4.78, 5) is 14.4. The van der Waals surface area contributed by atoms with Crippen LogP contribution in [-0.4, -0.2) is 37.6 Å². The van der Waals surface area contributed by atoms with E-state index in [4.69, 9.17) is 0 Å². The zero-order valence-corrected chi connectivity index (χ0v) is 13.3. The fourth-order valence-corrected chi connectivity index (χ4v) is 3.33. The molecular formula is C16H21NO3S. The Kier molecular flexibility index (Phi) is 4.52. The summed E-state index contributed by atoms with van der Waals surface area (Å²) >= 11 is 0. The van der Waals surface area contributed by atoms with Crippen LogP contribution in [-0.2, 0) is 9.84 Å². The molecule has 21 heavy (non-hydrogen) atoms. The third kappa shape index (κ3) is 3.35. The molecule has 0 aliphatic carbocycles. The molecule has 0 spiro atoms. The van der Waals surface area contributed by atoms with Crippen LogP contribution in [0.1, 0.15) is 37.0 Å². The van der Waals surface area contributed by atoms with Crippen molar-refractivity contribution >= 4 is 15.7 Å². The molecule has 0 aromatic heterocycles. The number of piperidine rings is 1. The molecule has 4 nitrogen and oxygen atoms in total. The Morgan fingerprint density at radius 1 is 1.14 bits per heavy atom. The Balaban J connectivity index is 2.16. The molecule has 1 aliphatic heterocycles. The first-order valence-electron chi connectivity index (χ1n) is 7.12. The van der Waals surface area contributed by atoms with Crippen LogP contribution in [0.25, 0.3) is 0 Å². The van der Waals surface area contributed by atoms with Crippen molar-refractivity contribution in [1.82, 2.24) is 4.90 Å². The van der Waals surface area contributed by atoms with Crippen molar-refractivity contribution in [1.29, 1.82) is 0 Å². The van der Waals surface area contributed by atoms with Crippen LogP contribution in [0.5, 0.6) is 0 Å². The number of carbonyl (C=O) groups excluding carboxylic acids is 1. The smallest absolute Gasteiger partial charge is 0.253 e. The zero-order chi connectivity index (χ0) is 15.6. The van der Waals surface area contributed by atoms with E-state index < -0.39 is 15.1 Å². The van der Waals surface area contributed by atoms with Gasteiger partial charge in [-0.15, -0.1) is 0 Å². The minimum Gasteiger partial charge on any atom is -0.338 e. The maximum Gasteiger partial charge on any atom is 0.253 e. The van der Waals surface area contributed by atoms with Gasteiger partial charge in [0.1, 0.15) is 0 Å². The topological polar surface area (TPSA) is 54.5 Å². The molecule has 0 N–H and O–H groups in total. The highest BCUT2D eigenvalue weighted by molar-refractivity contribution is 7.92. The lowest BCUT2D eigenvalue weighted by Crippen LogP contribution is -2.36. The zero-order valence-electron chi connectivity index (χ0n) is 12.5. The summed E-state index contributed by atoms with van der Waals surface area (Å²) in [5.74, 6) is -0.0454. The van der Waals surface area contributed by atoms with Crippen molar-refractivity contribution in [2.75, 3.05) is 13.1 Å². The van der Waals surface area contributed by atoms with E-state index in [-0.39, 0.29) is 10.8 Å². The molecule has 1 heterocycles. The van der Waals surface area contributed by atoms with E-state index in [0.717, 1.165) is 12.8 Å². The Hall–Kier alpha value is -1.62. The van der Waals surface area contributed by atoms with Gasteiger partial charge in [0.2, 0.25) is 0 Å². The number of amides is 1. The molecule has 1 amide bonds. The molecule has 114 valence electrons. The maximum atomic E-state index is 12.3. The average Bonchev–Trinajstić information content (AvgIpc) is 2.47. The van der Waals surface area contributed by atoms with E-state index in [2.05, 4.69) is 6.58 Å². The SMILES string of the molecule is C=C1CCN(C(=O)c2ccc(S(=O)(=O)C(C)C)cc2)CC1. The predicted octanol–water partition coefficient (Wildman–Crippen LogP) is 2.66. The standard InChI is InChI=1S/C16H21NO3S/c1-12(2)21(19,20)15-6-4-14(5-7-15)16(18)17-10-8-13(3)9-11-17/h4-7,12H,3,8-11H2,1-2H3. The minimum atomic E-state index is -3.29. The number of hydrogen-bond acceptors (Lipinski definition) is 3. The van der Waals surface area contributed by atoms with Crippen LogP contribution in [0.15, 0.2) is 41.3 Å². The van der Waals surface area contributed by atoms with Gasteiger partial charge in [-0.2, -0.15) is 0 Å². The lowest BCUT2D eigenvalue weighted by Gasteiger charge is -2.28. The molecule has 0 bridgehead atoms. The van der Waals surface area contributed by atoms with Crippen molar-refractivity contribution in [3.63, 3.8) is 0 Å². The quantitative estimate of drug-likeness (QED) is 0.807. The first kappa shape index (κ1) is 15.8. The van der Waals surface area contributed by atoms with Gasteiger partial charge in [-0.25, -0.2) is 8.42 Å². The van der Waals surface area contributed by atoms with Gasteiger partial charge in [-0.1, -0.05) is 12.2 Å². The minimum absolute atomic E-state index is 0.0454. The van der Waals surface area contributed by atoms with Gasteiger partial charge in [0.15, 0.2) is 9.84 Å². The molecule has 0 unspecified atom stereocenters. The number of hydrogen-bond donors (Lipinski definition) is 0. The third-order valence-corrected chi connectivity index (χ3v) is 5.98. The van der Waals surface area contributed by atoms with E-state index in [1.807, 2.05) is 0 Å². The fourth-order valence-electron chi connectivity index (χ4n) is 2.27. The second kappa shape index (κ2) is 6.02. The average molecular weight is 307 g/mol.